The highest BCUT2D eigenvalue weighted by molar-refractivity contribution is 7.15. The highest BCUT2D eigenvalue weighted by Gasteiger charge is 2.22. The molecule has 3 aromatic rings. The minimum Gasteiger partial charge on any atom is -0.483 e. The Morgan fingerprint density at radius 2 is 1.97 bits per heavy atom. The van der Waals surface area contributed by atoms with E-state index in [0.717, 1.165) is 30.1 Å². The first-order valence-corrected chi connectivity index (χ1v) is 11.5. The SMILES string of the molecule is Cc1ccc(C(C)C)cc1OCC(=O)N1CCN(Cc2cc(=O)n3ccsc3n2)CC1. The summed E-state index contributed by atoms with van der Waals surface area (Å²) >= 11 is 1.46. The predicted molar refractivity (Wildman–Crippen MR) is 122 cm³/mol. The van der Waals surface area contributed by atoms with Gasteiger partial charge >= 0.3 is 0 Å². The lowest BCUT2D eigenvalue weighted by atomic mass is 10.0. The molecule has 0 saturated carbocycles. The maximum atomic E-state index is 12.7. The molecule has 1 amide bonds. The molecule has 1 aliphatic rings. The number of rotatable bonds is 6. The van der Waals surface area contributed by atoms with Crippen LogP contribution in [-0.4, -0.2) is 57.9 Å². The number of hydrogen-bond donors (Lipinski definition) is 0. The zero-order valence-electron chi connectivity index (χ0n) is 18.2. The predicted octanol–water partition coefficient (Wildman–Crippen LogP) is 2.91. The number of hydrogen-bond acceptors (Lipinski definition) is 6. The summed E-state index contributed by atoms with van der Waals surface area (Å²) in [6.45, 7) is 9.74. The second-order valence-electron chi connectivity index (χ2n) is 8.27. The third kappa shape index (κ3) is 4.97. The van der Waals surface area contributed by atoms with Crippen molar-refractivity contribution in [2.24, 2.45) is 0 Å². The molecule has 31 heavy (non-hydrogen) atoms. The summed E-state index contributed by atoms with van der Waals surface area (Å²) in [7, 11) is 0. The second-order valence-corrected chi connectivity index (χ2v) is 9.14. The van der Waals surface area contributed by atoms with E-state index in [9.17, 15) is 9.59 Å². The molecule has 0 atom stereocenters. The molecule has 0 bridgehead atoms. The Bertz CT molecular complexity index is 1130. The Labute approximate surface area is 185 Å². The van der Waals surface area contributed by atoms with Crippen LogP contribution in [0.25, 0.3) is 4.96 Å². The van der Waals surface area contributed by atoms with E-state index in [1.807, 2.05) is 29.3 Å². The fourth-order valence-corrected chi connectivity index (χ4v) is 4.45. The second kappa shape index (κ2) is 9.20. The number of ether oxygens (including phenoxy) is 1. The van der Waals surface area contributed by atoms with Crippen LogP contribution in [0.5, 0.6) is 5.75 Å². The monoisotopic (exact) mass is 440 g/mol. The van der Waals surface area contributed by atoms with Crippen LogP contribution in [0.15, 0.2) is 40.6 Å². The van der Waals surface area contributed by atoms with E-state index >= 15 is 0 Å². The van der Waals surface area contributed by atoms with Crippen molar-refractivity contribution < 1.29 is 9.53 Å². The number of benzene rings is 1. The molecule has 0 radical (unpaired) electrons. The molecule has 7 nitrogen and oxygen atoms in total. The number of aromatic nitrogens is 2. The largest absolute Gasteiger partial charge is 0.483 e. The van der Waals surface area contributed by atoms with E-state index in [0.29, 0.717) is 30.5 Å². The fourth-order valence-electron chi connectivity index (χ4n) is 3.72. The van der Waals surface area contributed by atoms with E-state index in [4.69, 9.17) is 4.74 Å². The minimum atomic E-state index is -0.0518. The van der Waals surface area contributed by atoms with Gasteiger partial charge in [-0.1, -0.05) is 26.0 Å². The molecule has 1 aromatic carbocycles. The Hall–Kier alpha value is -2.71. The number of carbonyl (C=O) groups is 1. The summed E-state index contributed by atoms with van der Waals surface area (Å²) in [4.78, 5) is 34.2. The summed E-state index contributed by atoms with van der Waals surface area (Å²) < 4.78 is 7.42. The number of fused-ring (bicyclic) bond motifs is 1. The van der Waals surface area contributed by atoms with Crippen molar-refractivity contribution in [2.45, 2.75) is 33.2 Å². The van der Waals surface area contributed by atoms with Gasteiger partial charge in [0.2, 0.25) is 0 Å². The van der Waals surface area contributed by atoms with Crippen molar-refractivity contribution in [3.05, 3.63) is 63.0 Å². The molecule has 1 fully saturated rings. The standard InChI is InChI=1S/C23H28N4O3S/c1-16(2)18-5-4-17(3)20(12-18)30-15-22(29)26-8-6-25(7-9-26)14-19-13-21(28)27-10-11-31-23(27)24-19/h4-5,10-13,16H,6-9,14-15H2,1-3H3. The zero-order chi connectivity index (χ0) is 22.0. The molecule has 0 aliphatic carbocycles. The first kappa shape index (κ1) is 21.5. The van der Waals surface area contributed by atoms with Crippen LogP contribution >= 0.6 is 11.3 Å². The van der Waals surface area contributed by atoms with Crippen molar-refractivity contribution in [2.75, 3.05) is 32.8 Å². The Kier molecular flexibility index (Phi) is 6.38. The number of piperazine rings is 1. The number of carbonyl (C=O) groups excluding carboxylic acids is 1. The highest BCUT2D eigenvalue weighted by Crippen LogP contribution is 2.24. The topological polar surface area (TPSA) is 67.2 Å². The van der Waals surface area contributed by atoms with Gasteiger partial charge in [-0.3, -0.25) is 18.9 Å². The zero-order valence-corrected chi connectivity index (χ0v) is 19.0. The molecular weight excluding hydrogens is 412 g/mol. The highest BCUT2D eigenvalue weighted by atomic mass is 32.1. The summed E-state index contributed by atoms with van der Waals surface area (Å²) in [6, 6.07) is 7.78. The minimum absolute atomic E-state index is 0.00498. The summed E-state index contributed by atoms with van der Waals surface area (Å²) in [5, 5.41) is 1.86. The fraction of sp³-hybridized carbons (Fsp3) is 0.435. The number of amides is 1. The third-order valence-electron chi connectivity index (χ3n) is 5.70. The van der Waals surface area contributed by atoms with Gasteiger partial charge in [-0.2, -0.15) is 0 Å². The van der Waals surface area contributed by atoms with Crippen LogP contribution < -0.4 is 10.3 Å². The van der Waals surface area contributed by atoms with E-state index in [2.05, 4.69) is 29.8 Å². The summed E-state index contributed by atoms with van der Waals surface area (Å²) in [6.07, 6.45) is 1.74. The van der Waals surface area contributed by atoms with Crippen LogP contribution in [0, 0.1) is 6.92 Å². The van der Waals surface area contributed by atoms with Gasteiger partial charge in [0.25, 0.3) is 11.5 Å². The Morgan fingerprint density at radius 3 is 2.71 bits per heavy atom. The molecule has 1 aliphatic heterocycles. The summed E-state index contributed by atoms with van der Waals surface area (Å²) in [5.41, 5.74) is 2.96. The first-order chi connectivity index (χ1) is 14.9. The lowest BCUT2D eigenvalue weighted by Crippen LogP contribution is -2.49. The van der Waals surface area contributed by atoms with Crippen LogP contribution in [0.1, 0.15) is 36.6 Å². The molecule has 0 spiro atoms. The van der Waals surface area contributed by atoms with Crippen molar-refractivity contribution in [1.29, 1.82) is 0 Å². The average molecular weight is 441 g/mol. The van der Waals surface area contributed by atoms with Gasteiger partial charge in [-0.15, -0.1) is 11.3 Å². The van der Waals surface area contributed by atoms with Crippen molar-refractivity contribution in [3.8, 4) is 5.75 Å². The van der Waals surface area contributed by atoms with E-state index in [1.165, 1.54) is 16.9 Å². The first-order valence-electron chi connectivity index (χ1n) is 10.6. The average Bonchev–Trinajstić information content (AvgIpc) is 3.22. The van der Waals surface area contributed by atoms with E-state index in [-0.39, 0.29) is 18.1 Å². The number of thiazole rings is 1. The van der Waals surface area contributed by atoms with Crippen LogP contribution in [-0.2, 0) is 11.3 Å². The molecule has 1 saturated heterocycles. The maximum absolute atomic E-state index is 12.7. The number of nitrogens with zero attached hydrogens (tertiary/aromatic N) is 4. The van der Waals surface area contributed by atoms with Gasteiger partial charge in [0.15, 0.2) is 11.6 Å². The van der Waals surface area contributed by atoms with Crippen LogP contribution in [0.2, 0.25) is 0 Å². The van der Waals surface area contributed by atoms with Gasteiger partial charge in [-0.25, -0.2) is 4.98 Å². The quantitative estimate of drug-likeness (QED) is 0.590. The lowest BCUT2D eigenvalue weighted by molar-refractivity contribution is -0.135. The molecular formula is C23H28N4O3S. The van der Waals surface area contributed by atoms with Crippen molar-refractivity contribution in [3.63, 3.8) is 0 Å². The van der Waals surface area contributed by atoms with Gasteiger partial charge in [0.05, 0.1) is 5.69 Å². The van der Waals surface area contributed by atoms with Crippen LogP contribution in [0.4, 0.5) is 0 Å². The van der Waals surface area contributed by atoms with Gasteiger partial charge in [0.1, 0.15) is 5.75 Å². The van der Waals surface area contributed by atoms with Gasteiger partial charge in [0, 0.05) is 50.4 Å². The molecule has 2 aromatic heterocycles. The van der Waals surface area contributed by atoms with Gasteiger partial charge in [-0.05, 0) is 30.0 Å². The summed E-state index contributed by atoms with van der Waals surface area (Å²) in [5.74, 6) is 1.20. The normalized spacial score (nSPS) is 15.0. The smallest absolute Gasteiger partial charge is 0.260 e. The molecule has 0 unspecified atom stereocenters. The maximum Gasteiger partial charge on any atom is 0.260 e. The van der Waals surface area contributed by atoms with Gasteiger partial charge < -0.3 is 9.64 Å². The third-order valence-corrected chi connectivity index (χ3v) is 6.45. The Balaban J connectivity index is 1.30. The molecule has 164 valence electrons. The Morgan fingerprint density at radius 1 is 1.19 bits per heavy atom. The van der Waals surface area contributed by atoms with Crippen LogP contribution in [0.3, 0.4) is 0 Å². The molecule has 3 heterocycles. The van der Waals surface area contributed by atoms with Crippen molar-refractivity contribution in [1.82, 2.24) is 19.2 Å². The van der Waals surface area contributed by atoms with Crippen molar-refractivity contribution >= 4 is 22.2 Å². The molecule has 0 N–H and O–H groups in total. The van der Waals surface area contributed by atoms with E-state index in [1.54, 1.807) is 16.7 Å². The van der Waals surface area contributed by atoms with E-state index < -0.39 is 0 Å². The molecule has 4 rings (SSSR count). The molecule has 8 heteroatoms. The lowest BCUT2D eigenvalue weighted by Gasteiger charge is -2.34. The number of aryl methyl sites for hydroxylation is 1.